The summed E-state index contributed by atoms with van der Waals surface area (Å²) in [5, 5.41) is 7.44. The molecule has 0 bridgehead atoms. The SMILES string of the molecule is O=C(Cc1csc(NC(=O)c2ccc[nH]c2=O)n1)NCC1CCCO1. The average Bonchev–Trinajstić information content (AvgIpc) is 3.25. The van der Waals surface area contributed by atoms with Gasteiger partial charge in [-0.05, 0) is 25.0 Å². The second-order valence-electron chi connectivity index (χ2n) is 5.63. The number of ether oxygens (including phenoxy) is 1. The summed E-state index contributed by atoms with van der Waals surface area (Å²) in [7, 11) is 0. The van der Waals surface area contributed by atoms with E-state index in [0.29, 0.717) is 17.4 Å². The number of pyridine rings is 1. The summed E-state index contributed by atoms with van der Waals surface area (Å²) in [5.41, 5.74) is 0.103. The van der Waals surface area contributed by atoms with Gasteiger partial charge in [-0.25, -0.2) is 4.98 Å². The molecule has 3 rings (SSSR count). The van der Waals surface area contributed by atoms with Gasteiger partial charge in [-0.2, -0.15) is 0 Å². The monoisotopic (exact) mass is 362 g/mol. The lowest BCUT2D eigenvalue weighted by molar-refractivity contribution is -0.121. The van der Waals surface area contributed by atoms with Crippen molar-refractivity contribution < 1.29 is 14.3 Å². The van der Waals surface area contributed by atoms with Gasteiger partial charge in [0.15, 0.2) is 5.13 Å². The van der Waals surface area contributed by atoms with E-state index in [1.807, 2.05) is 0 Å². The van der Waals surface area contributed by atoms with E-state index in [2.05, 4.69) is 20.6 Å². The fraction of sp³-hybridized carbons (Fsp3) is 0.375. The Kier molecular flexibility index (Phi) is 5.56. The van der Waals surface area contributed by atoms with Crippen molar-refractivity contribution >= 4 is 28.3 Å². The van der Waals surface area contributed by atoms with E-state index in [0.717, 1.165) is 19.4 Å². The second kappa shape index (κ2) is 8.04. The van der Waals surface area contributed by atoms with Crippen LogP contribution in [0, 0.1) is 0 Å². The number of nitrogens with one attached hydrogen (secondary N) is 3. The van der Waals surface area contributed by atoms with Gasteiger partial charge in [-0.3, -0.25) is 19.7 Å². The lowest BCUT2D eigenvalue weighted by Crippen LogP contribution is -2.32. The van der Waals surface area contributed by atoms with E-state index in [4.69, 9.17) is 4.74 Å². The van der Waals surface area contributed by atoms with Crippen LogP contribution in [0.1, 0.15) is 28.9 Å². The molecule has 0 saturated carbocycles. The molecule has 2 amide bonds. The Morgan fingerprint density at radius 2 is 2.32 bits per heavy atom. The molecular weight excluding hydrogens is 344 g/mol. The van der Waals surface area contributed by atoms with Crippen molar-refractivity contribution in [3.63, 3.8) is 0 Å². The van der Waals surface area contributed by atoms with Gasteiger partial charge in [0.05, 0.1) is 18.2 Å². The molecule has 1 aliphatic rings. The summed E-state index contributed by atoms with van der Waals surface area (Å²) in [6, 6.07) is 3.00. The molecule has 132 valence electrons. The molecule has 0 aliphatic carbocycles. The van der Waals surface area contributed by atoms with Gasteiger partial charge in [-0.1, -0.05) is 0 Å². The number of aromatic nitrogens is 2. The highest BCUT2D eigenvalue weighted by Gasteiger charge is 2.17. The number of carbonyl (C=O) groups is 2. The number of hydrogen-bond donors (Lipinski definition) is 3. The van der Waals surface area contributed by atoms with Gasteiger partial charge in [0.25, 0.3) is 11.5 Å². The number of H-pyrrole nitrogens is 1. The molecule has 9 heteroatoms. The Balaban J connectivity index is 1.51. The van der Waals surface area contributed by atoms with E-state index in [-0.39, 0.29) is 24.0 Å². The van der Waals surface area contributed by atoms with Crippen molar-refractivity contribution in [3.05, 3.63) is 45.3 Å². The predicted octanol–water partition coefficient (Wildman–Crippen LogP) is 0.921. The summed E-state index contributed by atoms with van der Waals surface area (Å²) >= 11 is 1.20. The third-order valence-electron chi connectivity index (χ3n) is 3.73. The van der Waals surface area contributed by atoms with Crippen LogP contribution in [0.5, 0.6) is 0 Å². The first kappa shape index (κ1) is 17.3. The zero-order valence-electron chi connectivity index (χ0n) is 13.4. The molecular formula is C16H18N4O4S. The summed E-state index contributed by atoms with van der Waals surface area (Å²) < 4.78 is 5.45. The van der Waals surface area contributed by atoms with Crippen molar-refractivity contribution in [2.24, 2.45) is 0 Å². The van der Waals surface area contributed by atoms with E-state index in [1.54, 1.807) is 11.4 Å². The maximum Gasteiger partial charge on any atom is 0.263 e. The molecule has 0 spiro atoms. The minimum atomic E-state index is -0.536. The molecule has 3 heterocycles. The zero-order chi connectivity index (χ0) is 17.6. The van der Waals surface area contributed by atoms with Crippen molar-refractivity contribution in [1.82, 2.24) is 15.3 Å². The van der Waals surface area contributed by atoms with Crippen LogP contribution in [-0.4, -0.2) is 41.0 Å². The number of rotatable bonds is 6. The van der Waals surface area contributed by atoms with Crippen LogP contribution in [0.3, 0.4) is 0 Å². The lowest BCUT2D eigenvalue weighted by Gasteiger charge is -2.09. The van der Waals surface area contributed by atoms with Gasteiger partial charge >= 0.3 is 0 Å². The van der Waals surface area contributed by atoms with Crippen LogP contribution >= 0.6 is 11.3 Å². The van der Waals surface area contributed by atoms with Crippen molar-refractivity contribution in [1.29, 1.82) is 0 Å². The molecule has 1 unspecified atom stereocenters. The number of carbonyl (C=O) groups excluding carboxylic acids is 2. The highest BCUT2D eigenvalue weighted by molar-refractivity contribution is 7.14. The van der Waals surface area contributed by atoms with E-state index >= 15 is 0 Å². The molecule has 8 nitrogen and oxygen atoms in total. The second-order valence-corrected chi connectivity index (χ2v) is 6.49. The standard InChI is InChI=1S/C16H18N4O4S/c21-13(18-8-11-3-2-6-24-11)7-10-9-25-16(19-10)20-15(23)12-4-1-5-17-14(12)22/h1,4-5,9,11H,2-3,6-8H2,(H,17,22)(H,18,21)(H,19,20,23). The third-order valence-corrected chi connectivity index (χ3v) is 4.53. The average molecular weight is 362 g/mol. The normalized spacial score (nSPS) is 16.6. The highest BCUT2D eigenvalue weighted by atomic mass is 32.1. The van der Waals surface area contributed by atoms with Crippen molar-refractivity contribution in [2.75, 3.05) is 18.5 Å². The van der Waals surface area contributed by atoms with Crippen LogP contribution in [0.25, 0.3) is 0 Å². The molecule has 2 aromatic heterocycles. The zero-order valence-corrected chi connectivity index (χ0v) is 14.2. The van der Waals surface area contributed by atoms with Gasteiger partial charge in [-0.15, -0.1) is 11.3 Å². The number of amides is 2. The van der Waals surface area contributed by atoms with Crippen LogP contribution < -0.4 is 16.2 Å². The summed E-state index contributed by atoms with van der Waals surface area (Å²) in [5.74, 6) is -0.677. The smallest absolute Gasteiger partial charge is 0.263 e. The molecule has 25 heavy (non-hydrogen) atoms. The van der Waals surface area contributed by atoms with Crippen LogP contribution in [-0.2, 0) is 16.0 Å². The van der Waals surface area contributed by atoms with Crippen molar-refractivity contribution in [3.8, 4) is 0 Å². The topological polar surface area (TPSA) is 113 Å². The maximum atomic E-state index is 12.1. The summed E-state index contributed by atoms with van der Waals surface area (Å²) in [4.78, 5) is 42.2. The van der Waals surface area contributed by atoms with E-state index < -0.39 is 11.5 Å². The Morgan fingerprint density at radius 1 is 1.44 bits per heavy atom. The van der Waals surface area contributed by atoms with Crippen LogP contribution in [0.4, 0.5) is 5.13 Å². The van der Waals surface area contributed by atoms with Gasteiger partial charge < -0.3 is 15.0 Å². The Labute approximate surface area is 147 Å². The highest BCUT2D eigenvalue weighted by Crippen LogP contribution is 2.16. The first-order chi connectivity index (χ1) is 12.1. The number of aromatic amines is 1. The quantitative estimate of drug-likeness (QED) is 0.707. The fourth-order valence-electron chi connectivity index (χ4n) is 2.47. The largest absolute Gasteiger partial charge is 0.376 e. The predicted molar refractivity (Wildman–Crippen MR) is 92.8 cm³/mol. The molecule has 2 aromatic rings. The summed E-state index contributed by atoms with van der Waals surface area (Å²) in [6.45, 7) is 1.25. The molecule has 1 atom stereocenters. The van der Waals surface area contributed by atoms with Crippen LogP contribution in [0.15, 0.2) is 28.5 Å². The maximum absolute atomic E-state index is 12.1. The van der Waals surface area contributed by atoms with E-state index in [9.17, 15) is 14.4 Å². The summed E-state index contributed by atoms with van der Waals surface area (Å²) in [6.07, 6.45) is 3.67. The Bertz CT molecular complexity index is 810. The first-order valence-corrected chi connectivity index (χ1v) is 8.81. The number of hydrogen-bond acceptors (Lipinski definition) is 6. The van der Waals surface area contributed by atoms with Gasteiger partial charge in [0.1, 0.15) is 5.56 Å². The molecule has 0 aromatic carbocycles. The minimum absolute atomic E-state index is 0.00792. The van der Waals surface area contributed by atoms with Crippen molar-refractivity contribution in [2.45, 2.75) is 25.4 Å². The third kappa shape index (κ3) is 4.74. The molecule has 3 N–H and O–H groups in total. The number of thiazole rings is 1. The molecule has 1 fully saturated rings. The minimum Gasteiger partial charge on any atom is -0.376 e. The van der Waals surface area contributed by atoms with E-state index in [1.165, 1.54) is 23.6 Å². The lowest BCUT2D eigenvalue weighted by atomic mass is 10.2. The molecule has 1 aliphatic heterocycles. The molecule has 0 radical (unpaired) electrons. The Hall–Kier alpha value is -2.52. The Morgan fingerprint density at radius 3 is 3.08 bits per heavy atom. The molecule has 1 saturated heterocycles. The first-order valence-electron chi connectivity index (χ1n) is 7.93. The fourth-order valence-corrected chi connectivity index (χ4v) is 3.18. The number of anilines is 1. The van der Waals surface area contributed by atoms with Crippen LogP contribution in [0.2, 0.25) is 0 Å². The van der Waals surface area contributed by atoms with Gasteiger partial charge in [0, 0.05) is 24.7 Å². The number of nitrogens with zero attached hydrogens (tertiary/aromatic N) is 1. The van der Waals surface area contributed by atoms with Gasteiger partial charge in [0.2, 0.25) is 5.91 Å².